The number of alkyl halides is 3. The monoisotopic (exact) mass is 604 g/mol. The van der Waals surface area contributed by atoms with Crippen LogP contribution in [0.1, 0.15) is 45.1 Å². The molecule has 1 aliphatic heterocycles. The predicted octanol–water partition coefficient (Wildman–Crippen LogP) is 5.18. The number of halogens is 4. The van der Waals surface area contributed by atoms with Gasteiger partial charge in [-0.1, -0.05) is 29.8 Å². The Labute approximate surface area is 235 Å². The van der Waals surface area contributed by atoms with Gasteiger partial charge in [0.1, 0.15) is 10.0 Å². The molecule has 0 radical (unpaired) electrons. The largest absolute Gasteiger partial charge is 0.390 e. The van der Waals surface area contributed by atoms with Crippen molar-refractivity contribution in [1.29, 1.82) is 0 Å². The molecule has 13 heteroatoms. The van der Waals surface area contributed by atoms with Crippen LogP contribution in [0.2, 0.25) is 5.02 Å². The number of aliphatic imine (C=N–C) groups is 1. The lowest BCUT2D eigenvalue weighted by atomic mass is 9.38. The molecule has 1 atom stereocenters. The predicted molar refractivity (Wildman–Crippen MR) is 145 cm³/mol. The van der Waals surface area contributed by atoms with Gasteiger partial charge in [0.2, 0.25) is 0 Å². The fourth-order valence-electron chi connectivity index (χ4n) is 5.83. The Kier molecular flexibility index (Phi) is 7.60. The fraction of sp³-hybridized carbons (Fsp3) is 0.577. The summed E-state index contributed by atoms with van der Waals surface area (Å²) in [6.45, 7) is 4.38. The van der Waals surface area contributed by atoms with E-state index in [-0.39, 0.29) is 37.9 Å². The van der Waals surface area contributed by atoms with Crippen molar-refractivity contribution < 1.29 is 26.3 Å². The van der Waals surface area contributed by atoms with Crippen LogP contribution in [0.3, 0.4) is 0 Å². The zero-order valence-electron chi connectivity index (χ0n) is 21.7. The summed E-state index contributed by atoms with van der Waals surface area (Å²) in [4.78, 5) is 4.92. The van der Waals surface area contributed by atoms with Crippen molar-refractivity contribution in [3.63, 3.8) is 0 Å². The molecule has 2 bridgehead atoms. The van der Waals surface area contributed by atoms with Crippen LogP contribution in [0, 0.1) is 5.41 Å². The van der Waals surface area contributed by atoms with Crippen molar-refractivity contribution in [3.8, 4) is 0 Å². The van der Waals surface area contributed by atoms with Crippen molar-refractivity contribution in [2.24, 2.45) is 10.4 Å². The number of ether oxygens (including phenoxy) is 1. The van der Waals surface area contributed by atoms with Gasteiger partial charge in [-0.3, -0.25) is 10.3 Å². The van der Waals surface area contributed by atoms with Gasteiger partial charge < -0.3 is 10.1 Å². The highest BCUT2D eigenvalue weighted by molar-refractivity contribution is 7.91. The Morgan fingerprint density at radius 3 is 2.51 bits per heavy atom. The second-order valence-electron chi connectivity index (χ2n) is 11.3. The van der Waals surface area contributed by atoms with Crippen molar-refractivity contribution in [2.75, 3.05) is 19.9 Å². The molecular weight excluding hydrogens is 573 g/mol. The van der Waals surface area contributed by atoms with E-state index in [1.54, 1.807) is 34.0 Å². The number of sulfonamides is 1. The summed E-state index contributed by atoms with van der Waals surface area (Å²) in [5.41, 5.74) is -0.207. The van der Waals surface area contributed by atoms with Crippen LogP contribution in [-0.4, -0.2) is 61.7 Å². The fourth-order valence-corrected chi connectivity index (χ4v) is 8.82. The highest BCUT2D eigenvalue weighted by atomic mass is 35.5. The molecule has 2 N–H and O–H groups in total. The van der Waals surface area contributed by atoms with Crippen LogP contribution < -0.4 is 10.6 Å². The topological polar surface area (TPSA) is 83.0 Å². The average molecular weight is 605 g/mol. The smallest absolute Gasteiger partial charge is 0.366 e. The summed E-state index contributed by atoms with van der Waals surface area (Å²) < 4.78 is 71.9. The molecular formula is C26H32ClF3N4O3S2. The van der Waals surface area contributed by atoms with Gasteiger partial charge in [-0.25, -0.2) is 8.42 Å². The Bertz CT molecular complexity index is 1300. The second kappa shape index (κ2) is 10.3. The molecule has 4 aliphatic rings. The van der Waals surface area contributed by atoms with E-state index in [1.807, 2.05) is 26.0 Å². The zero-order valence-corrected chi connectivity index (χ0v) is 24.1. The summed E-state index contributed by atoms with van der Waals surface area (Å²) in [5, 5.41) is 8.55. The summed E-state index contributed by atoms with van der Waals surface area (Å²) in [7, 11) is -3.70. The molecule has 6 rings (SSSR count). The van der Waals surface area contributed by atoms with Crippen LogP contribution in [0.25, 0.3) is 0 Å². The van der Waals surface area contributed by atoms with E-state index in [0.717, 1.165) is 11.4 Å². The lowest BCUT2D eigenvalue weighted by Gasteiger charge is -2.72. The maximum absolute atomic E-state index is 13.7. The second-order valence-corrected chi connectivity index (χ2v) is 14.8. The van der Waals surface area contributed by atoms with E-state index in [0.29, 0.717) is 28.5 Å². The maximum atomic E-state index is 13.7. The molecule has 7 nitrogen and oxygen atoms in total. The van der Waals surface area contributed by atoms with Gasteiger partial charge in [-0.2, -0.15) is 17.5 Å². The lowest BCUT2D eigenvalue weighted by Crippen LogP contribution is -2.78. The van der Waals surface area contributed by atoms with Gasteiger partial charge in [0.25, 0.3) is 10.0 Å². The SMILES string of the molecule is CC1(C)NC(C23CC(N(Cc4ccc(Cl)cc4)S(=O)(=O)c4cccs4)(C2)C3)=N[C@H]1COCNCCC(F)(F)F. The van der Waals surface area contributed by atoms with Crippen LogP contribution in [0.15, 0.2) is 51.0 Å². The third-order valence-electron chi connectivity index (χ3n) is 7.94. The van der Waals surface area contributed by atoms with E-state index in [9.17, 15) is 21.6 Å². The minimum atomic E-state index is -4.20. The molecule has 3 fully saturated rings. The highest BCUT2D eigenvalue weighted by Crippen LogP contribution is 2.71. The number of thiophene rings is 1. The minimum absolute atomic E-state index is 0.0159. The van der Waals surface area contributed by atoms with Crippen molar-refractivity contribution in [3.05, 3.63) is 52.4 Å². The van der Waals surface area contributed by atoms with Crippen molar-refractivity contribution >= 4 is 38.8 Å². The van der Waals surface area contributed by atoms with E-state index in [2.05, 4.69) is 10.6 Å². The number of nitrogens with zero attached hydrogens (tertiary/aromatic N) is 2. The molecule has 0 amide bonds. The Morgan fingerprint density at radius 2 is 1.90 bits per heavy atom. The van der Waals surface area contributed by atoms with Crippen molar-refractivity contribution in [2.45, 2.75) is 73.6 Å². The molecule has 1 aromatic heterocycles. The normalized spacial score (nSPS) is 27.6. The first-order chi connectivity index (χ1) is 18.2. The van der Waals surface area contributed by atoms with Gasteiger partial charge in [-0.15, -0.1) is 11.3 Å². The van der Waals surface area contributed by atoms with Gasteiger partial charge in [0.05, 0.1) is 31.3 Å². The number of benzene rings is 1. The Balaban J connectivity index is 1.25. The number of amidine groups is 1. The quantitative estimate of drug-likeness (QED) is 0.258. The lowest BCUT2D eigenvalue weighted by molar-refractivity contribution is -0.151. The standard InChI is InChI=1S/C26H32ClF3N4O3S2/c1-23(2)20(13-37-17-31-10-9-26(28,29)30)32-22(33-23)24-14-25(15-24,16-24)34(12-18-5-7-19(27)8-6-18)39(35,36)21-4-3-11-38-21/h3-8,11,20,31H,9-10,12-17H2,1-2H3,(H,32,33)/t20-,24?,25?/m0/s1. The average Bonchev–Trinajstić information content (AvgIpc) is 3.43. The summed E-state index contributed by atoms with van der Waals surface area (Å²) in [5.74, 6) is 0.868. The molecule has 2 aromatic rings. The van der Waals surface area contributed by atoms with Crippen LogP contribution in [0.4, 0.5) is 13.2 Å². The van der Waals surface area contributed by atoms with E-state index >= 15 is 0 Å². The minimum Gasteiger partial charge on any atom is -0.366 e. The van der Waals surface area contributed by atoms with Crippen molar-refractivity contribution in [1.82, 2.24) is 14.9 Å². The molecule has 39 heavy (non-hydrogen) atoms. The Morgan fingerprint density at radius 1 is 1.21 bits per heavy atom. The maximum Gasteiger partial charge on any atom is 0.390 e. The van der Waals surface area contributed by atoms with Gasteiger partial charge >= 0.3 is 6.18 Å². The number of hydrogen-bond acceptors (Lipinski definition) is 7. The molecule has 1 aromatic carbocycles. The van der Waals surface area contributed by atoms with Gasteiger partial charge in [-0.05, 0) is 62.3 Å². The summed E-state index contributed by atoms with van der Waals surface area (Å²) in [6.07, 6.45) is -3.08. The first kappa shape index (κ1) is 28.8. The molecule has 2 heterocycles. The van der Waals surface area contributed by atoms with Crippen LogP contribution >= 0.6 is 22.9 Å². The highest BCUT2D eigenvalue weighted by Gasteiger charge is 2.75. The number of rotatable bonds is 12. The molecule has 0 unspecified atom stereocenters. The van der Waals surface area contributed by atoms with Crippen LogP contribution in [-0.2, 0) is 21.3 Å². The first-order valence-electron chi connectivity index (χ1n) is 12.8. The third-order valence-corrected chi connectivity index (χ3v) is 11.5. The first-order valence-corrected chi connectivity index (χ1v) is 15.5. The number of nitrogens with one attached hydrogen (secondary N) is 2. The van der Waals surface area contributed by atoms with Gasteiger partial charge in [0.15, 0.2) is 0 Å². The van der Waals surface area contributed by atoms with E-state index < -0.39 is 33.7 Å². The molecule has 3 saturated carbocycles. The summed E-state index contributed by atoms with van der Waals surface area (Å²) in [6, 6.07) is 10.4. The molecule has 0 saturated heterocycles. The zero-order chi connectivity index (χ0) is 28.1. The third kappa shape index (κ3) is 5.73. The number of hydrogen-bond donors (Lipinski definition) is 2. The van der Waals surface area contributed by atoms with E-state index in [1.165, 1.54) is 11.3 Å². The van der Waals surface area contributed by atoms with Gasteiger partial charge in [0, 0.05) is 29.1 Å². The Hall–Kier alpha value is -1.70. The molecule has 0 spiro atoms. The van der Waals surface area contributed by atoms with Crippen LogP contribution in [0.5, 0.6) is 0 Å². The summed E-state index contributed by atoms with van der Waals surface area (Å²) >= 11 is 7.26. The van der Waals surface area contributed by atoms with E-state index in [4.69, 9.17) is 21.3 Å². The molecule has 3 aliphatic carbocycles. The molecule has 214 valence electrons.